The molecule has 228 valence electrons. The summed E-state index contributed by atoms with van der Waals surface area (Å²) in [7, 11) is 0. The van der Waals surface area contributed by atoms with E-state index in [-0.39, 0.29) is 22.6 Å². The Bertz CT molecular complexity index is 945. The third-order valence-corrected chi connectivity index (χ3v) is 11.7. The van der Waals surface area contributed by atoms with E-state index >= 15 is 0 Å². The topological polar surface area (TPSA) is 47.9 Å². The van der Waals surface area contributed by atoms with E-state index in [2.05, 4.69) is 41.5 Å². The van der Waals surface area contributed by atoms with E-state index in [9.17, 15) is 5.11 Å². The molecule has 0 saturated heterocycles. The Kier molecular flexibility index (Phi) is 10.7. The van der Waals surface area contributed by atoms with Crippen LogP contribution in [-0.2, 0) is 0 Å². The maximum atomic E-state index is 11.5. The molecule has 0 radical (unpaired) electrons. The summed E-state index contributed by atoms with van der Waals surface area (Å²) in [5.41, 5.74) is -0.742. The molecule has 4 heteroatoms. The van der Waals surface area contributed by atoms with E-state index in [4.69, 9.17) is 14.2 Å². The molecule has 6 unspecified atom stereocenters. The van der Waals surface area contributed by atoms with Crippen LogP contribution in [0.3, 0.4) is 0 Å². The van der Waals surface area contributed by atoms with Gasteiger partial charge in [-0.2, -0.15) is 0 Å². The molecule has 0 heterocycles. The van der Waals surface area contributed by atoms with E-state index in [1.807, 2.05) is 6.07 Å². The highest BCUT2D eigenvalue weighted by molar-refractivity contribution is 5.59. The molecule has 4 rings (SSSR count). The van der Waals surface area contributed by atoms with Crippen molar-refractivity contribution in [3.63, 3.8) is 0 Å². The normalized spacial score (nSPS) is 34.8. The van der Waals surface area contributed by atoms with E-state index in [0.717, 1.165) is 63.5 Å². The summed E-state index contributed by atoms with van der Waals surface area (Å²) in [6.07, 6.45) is 20.3. The first-order valence-electron chi connectivity index (χ1n) is 17.3. The van der Waals surface area contributed by atoms with Crippen molar-refractivity contribution in [2.24, 2.45) is 17.8 Å². The molecule has 0 aromatic heterocycles. The fourth-order valence-corrected chi connectivity index (χ4v) is 9.03. The van der Waals surface area contributed by atoms with Crippen molar-refractivity contribution in [1.82, 2.24) is 0 Å². The second kappa shape index (κ2) is 13.6. The minimum absolute atomic E-state index is 0.187. The number of hydrogen-bond donors (Lipinski definition) is 1. The Morgan fingerprint density at radius 3 is 1.38 bits per heavy atom. The highest BCUT2D eigenvalue weighted by Gasteiger charge is 2.47. The molecular formula is C36H60O4. The number of hydrogen-bond acceptors (Lipinski definition) is 4. The molecule has 3 fully saturated rings. The predicted octanol–water partition coefficient (Wildman–Crippen LogP) is 10.8. The smallest absolute Gasteiger partial charge is 0.208 e. The minimum atomic E-state index is -0.281. The van der Waals surface area contributed by atoms with Crippen molar-refractivity contribution in [3.05, 3.63) is 12.1 Å². The molecule has 0 spiro atoms. The summed E-state index contributed by atoms with van der Waals surface area (Å²) in [5.74, 6) is 3.66. The second-order valence-electron chi connectivity index (χ2n) is 13.4. The molecule has 1 N–H and O–H groups in total. The van der Waals surface area contributed by atoms with Crippen molar-refractivity contribution in [3.8, 4) is 23.0 Å². The van der Waals surface area contributed by atoms with Crippen LogP contribution in [0.15, 0.2) is 12.1 Å². The van der Waals surface area contributed by atoms with Crippen molar-refractivity contribution >= 4 is 0 Å². The third kappa shape index (κ3) is 5.98. The van der Waals surface area contributed by atoms with Gasteiger partial charge in [-0.25, -0.2) is 0 Å². The van der Waals surface area contributed by atoms with Crippen LogP contribution >= 0.6 is 0 Å². The fraction of sp³-hybridized carbons (Fsp3) is 0.833. The summed E-state index contributed by atoms with van der Waals surface area (Å²) in [6.45, 7) is 13.7. The number of aromatic hydroxyl groups is 1. The van der Waals surface area contributed by atoms with Gasteiger partial charge in [0.2, 0.25) is 11.5 Å². The molecule has 1 aromatic carbocycles. The van der Waals surface area contributed by atoms with Crippen molar-refractivity contribution in [2.45, 2.75) is 174 Å². The summed E-state index contributed by atoms with van der Waals surface area (Å²) < 4.78 is 21.7. The Hall–Kier alpha value is -1.58. The van der Waals surface area contributed by atoms with E-state index in [1.54, 1.807) is 6.07 Å². The Morgan fingerprint density at radius 2 is 0.975 bits per heavy atom. The summed E-state index contributed by atoms with van der Waals surface area (Å²) in [5, 5.41) is 11.5. The van der Waals surface area contributed by atoms with Gasteiger partial charge in [-0.15, -0.1) is 0 Å². The molecule has 0 aliphatic heterocycles. The molecule has 3 aliphatic carbocycles. The van der Waals surface area contributed by atoms with Gasteiger partial charge in [0.1, 0.15) is 16.8 Å². The van der Waals surface area contributed by atoms with Gasteiger partial charge in [0, 0.05) is 0 Å². The molecule has 3 saturated carbocycles. The van der Waals surface area contributed by atoms with Crippen molar-refractivity contribution < 1.29 is 19.3 Å². The molecule has 3 aliphatic rings. The van der Waals surface area contributed by atoms with E-state index in [1.165, 1.54) is 57.8 Å². The lowest BCUT2D eigenvalue weighted by Crippen LogP contribution is -2.48. The molecule has 6 atom stereocenters. The van der Waals surface area contributed by atoms with Crippen molar-refractivity contribution in [1.29, 1.82) is 0 Å². The van der Waals surface area contributed by atoms with Gasteiger partial charge in [0.05, 0.1) is 0 Å². The lowest BCUT2D eigenvalue weighted by molar-refractivity contribution is -0.0605. The highest BCUT2D eigenvalue weighted by atomic mass is 16.6. The molecule has 0 amide bonds. The number of phenolic OH excluding ortho intramolecular Hbond substituents is 1. The first kappa shape index (κ1) is 31.4. The van der Waals surface area contributed by atoms with E-state index in [0.29, 0.717) is 29.3 Å². The van der Waals surface area contributed by atoms with Gasteiger partial charge in [0.25, 0.3) is 0 Å². The lowest BCUT2D eigenvalue weighted by Gasteiger charge is -2.47. The second-order valence-corrected chi connectivity index (χ2v) is 13.4. The maximum Gasteiger partial charge on any atom is 0.208 e. The predicted molar refractivity (Wildman–Crippen MR) is 166 cm³/mol. The largest absolute Gasteiger partial charge is 0.504 e. The van der Waals surface area contributed by atoms with Gasteiger partial charge >= 0.3 is 0 Å². The Balaban J connectivity index is 1.85. The molecular weight excluding hydrogens is 496 g/mol. The summed E-state index contributed by atoms with van der Waals surface area (Å²) in [6, 6.07) is 3.77. The monoisotopic (exact) mass is 556 g/mol. The maximum absolute atomic E-state index is 11.5. The van der Waals surface area contributed by atoms with Crippen molar-refractivity contribution in [2.75, 3.05) is 0 Å². The van der Waals surface area contributed by atoms with Gasteiger partial charge in [-0.1, -0.05) is 60.8 Å². The van der Waals surface area contributed by atoms with Crippen LogP contribution in [-0.4, -0.2) is 21.9 Å². The van der Waals surface area contributed by atoms with Gasteiger partial charge in [0.15, 0.2) is 11.5 Å². The SMILES string of the molecule is CCC1CCCCC1(CC)Oc1ccc(O)c(OC2(CC)CCCCC2CC)c1OC1(CC)CCCCC1CC. The lowest BCUT2D eigenvalue weighted by atomic mass is 9.72. The van der Waals surface area contributed by atoms with Gasteiger partial charge in [-0.05, 0) is 126 Å². The van der Waals surface area contributed by atoms with Crippen LogP contribution in [0.5, 0.6) is 23.0 Å². The number of benzene rings is 1. The van der Waals surface area contributed by atoms with Gasteiger partial charge < -0.3 is 19.3 Å². The number of phenols is 1. The zero-order valence-corrected chi connectivity index (χ0v) is 26.8. The standard InChI is InChI=1S/C36H60O4/c1-7-27-19-13-16-24-34(27,10-4)38-31-23-22-30(37)32(39-35(11-5)25-17-14-20-28(35)8-2)33(31)40-36(12-6)26-18-15-21-29(36)9-3/h22-23,27-29,37H,7-21,24-26H2,1-6H3. The summed E-state index contributed by atoms with van der Waals surface area (Å²) >= 11 is 0. The van der Waals surface area contributed by atoms with Crippen LogP contribution in [0.2, 0.25) is 0 Å². The zero-order chi connectivity index (χ0) is 28.8. The van der Waals surface area contributed by atoms with Crippen LogP contribution in [0.1, 0.15) is 157 Å². The van der Waals surface area contributed by atoms with Crippen LogP contribution in [0.25, 0.3) is 0 Å². The molecule has 1 aromatic rings. The first-order valence-corrected chi connectivity index (χ1v) is 17.3. The average molecular weight is 557 g/mol. The molecule has 0 bridgehead atoms. The van der Waals surface area contributed by atoms with Gasteiger partial charge in [-0.3, -0.25) is 0 Å². The zero-order valence-electron chi connectivity index (χ0n) is 26.8. The van der Waals surface area contributed by atoms with Crippen LogP contribution in [0.4, 0.5) is 0 Å². The minimum Gasteiger partial charge on any atom is -0.504 e. The molecule has 40 heavy (non-hydrogen) atoms. The van der Waals surface area contributed by atoms with Crippen LogP contribution in [0, 0.1) is 17.8 Å². The van der Waals surface area contributed by atoms with E-state index < -0.39 is 0 Å². The Morgan fingerprint density at radius 1 is 0.575 bits per heavy atom. The summed E-state index contributed by atoms with van der Waals surface area (Å²) in [4.78, 5) is 0. The number of rotatable bonds is 12. The average Bonchev–Trinajstić information content (AvgIpc) is 3.00. The van der Waals surface area contributed by atoms with Crippen LogP contribution < -0.4 is 14.2 Å². The first-order chi connectivity index (χ1) is 19.4. The highest BCUT2D eigenvalue weighted by Crippen LogP contribution is 2.55. The third-order valence-electron chi connectivity index (χ3n) is 11.7. The number of ether oxygens (including phenoxy) is 3. The fourth-order valence-electron chi connectivity index (χ4n) is 9.03. The molecule has 4 nitrogen and oxygen atoms in total. The quantitative estimate of drug-likeness (QED) is 0.278. The Labute approximate surface area is 245 Å².